The number of rotatable bonds is 1. The molecule has 4 nitrogen and oxygen atoms in total. The van der Waals surface area contributed by atoms with Crippen LogP contribution in [0.3, 0.4) is 0 Å². The highest BCUT2D eigenvalue weighted by Crippen LogP contribution is 2.09. The normalized spacial score (nSPS) is 14.9. The van der Waals surface area contributed by atoms with Gasteiger partial charge in [-0.05, 0) is 12.1 Å². The summed E-state index contributed by atoms with van der Waals surface area (Å²) >= 11 is 0. The van der Waals surface area contributed by atoms with Crippen LogP contribution in [0.1, 0.15) is 10.4 Å². The number of amides is 1. The number of hydrazine groups is 1. The molecule has 2 N–H and O–H groups in total. The Bertz CT molecular complexity index is 361. The van der Waals surface area contributed by atoms with Crippen LogP contribution in [0.25, 0.3) is 0 Å². The van der Waals surface area contributed by atoms with Gasteiger partial charge in [-0.15, -0.1) is 0 Å². The average Bonchev–Trinajstić information content (AvgIpc) is 2.65. The first-order valence-corrected chi connectivity index (χ1v) is 4.33. The molecule has 1 amide bonds. The minimum Gasteiger partial charge on any atom is -0.297 e. The van der Waals surface area contributed by atoms with Crippen molar-refractivity contribution in [2.45, 2.75) is 0 Å². The monoisotopic (exact) mass is 189 g/mol. The van der Waals surface area contributed by atoms with Crippen molar-refractivity contribution in [3.8, 4) is 0 Å². The van der Waals surface area contributed by atoms with Crippen LogP contribution in [-0.2, 0) is 0 Å². The standard InChI is InChI=1S/C10H11N3O/c11-13-7-6-12(8-13)10(14)9-4-2-1-3-5-9/h1-7H,8,11H2. The quantitative estimate of drug-likeness (QED) is 0.663. The second kappa shape index (κ2) is 3.51. The largest absolute Gasteiger partial charge is 0.297 e. The van der Waals surface area contributed by atoms with E-state index in [1.54, 1.807) is 29.4 Å². The van der Waals surface area contributed by atoms with E-state index in [0.717, 1.165) is 0 Å². The molecular formula is C10H11N3O. The summed E-state index contributed by atoms with van der Waals surface area (Å²) in [4.78, 5) is 13.3. The molecule has 0 spiro atoms. The van der Waals surface area contributed by atoms with Gasteiger partial charge in [0.25, 0.3) is 5.91 Å². The Kier molecular flexibility index (Phi) is 2.20. The molecule has 1 aromatic carbocycles. The molecule has 0 saturated heterocycles. The Hall–Kier alpha value is -1.81. The molecular weight excluding hydrogens is 178 g/mol. The first-order valence-electron chi connectivity index (χ1n) is 4.33. The molecule has 0 saturated carbocycles. The van der Waals surface area contributed by atoms with E-state index < -0.39 is 0 Å². The number of carbonyl (C=O) groups excluding carboxylic acids is 1. The van der Waals surface area contributed by atoms with Crippen molar-refractivity contribution < 1.29 is 4.79 Å². The molecule has 1 aliphatic rings. The molecule has 0 aromatic heterocycles. The molecule has 0 unspecified atom stereocenters. The minimum absolute atomic E-state index is 0.0326. The van der Waals surface area contributed by atoms with Crippen LogP contribution in [0.2, 0.25) is 0 Å². The second-order valence-corrected chi connectivity index (χ2v) is 3.09. The molecule has 14 heavy (non-hydrogen) atoms. The zero-order valence-electron chi connectivity index (χ0n) is 7.63. The summed E-state index contributed by atoms with van der Waals surface area (Å²) < 4.78 is 0. The number of hydrogen-bond acceptors (Lipinski definition) is 3. The molecule has 0 radical (unpaired) electrons. The summed E-state index contributed by atoms with van der Waals surface area (Å²) in [7, 11) is 0. The van der Waals surface area contributed by atoms with E-state index >= 15 is 0 Å². The first-order chi connectivity index (χ1) is 6.77. The van der Waals surface area contributed by atoms with Gasteiger partial charge in [-0.1, -0.05) is 18.2 Å². The molecule has 72 valence electrons. The Balaban J connectivity index is 2.14. The van der Waals surface area contributed by atoms with Crippen LogP contribution >= 0.6 is 0 Å². The fourth-order valence-corrected chi connectivity index (χ4v) is 1.31. The molecule has 1 heterocycles. The van der Waals surface area contributed by atoms with Gasteiger partial charge in [-0.2, -0.15) is 0 Å². The van der Waals surface area contributed by atoms with Gasteiger partial charge in [-0.25, -0.2) is 5.84 Å². The fraction of sp³-hybridized carbons (Fsp3) is 0.100. The van der Waals surface area contributed by atoms with Crippen LogP contribution in [0.15, 0.2) is 42.7 Å². The minimum atomic E-state index is -0.0326. The maximum atomic E-state index is 11.8. The van der Waals surface area contributed by atoms with Crippen LogP contribution < -0.4 is 5.84 Å². The summed E-state index contributed by atoms with van der Waals surface area (Å²) in [5.74, 6) is 5.46. The topological polar surface area (TPSA) is 49.6 Å². The van der Waals surface area contributed by atoms with Gasteiger partial charge in [-0.3, -0.25) is 14.7 Å². The van der Waals surface area contributed by atoms with Crippen molar-refractivity contribution >= 4 is 5.91 Å². The molecule has 0 bridgehead atoms. The van der Waals surface area contributed by atoms with Gasteiger partial charge in [0.1, 0.15) is 6.67 Å². The molecule has 4 heteroatoms. The van der Waals surface area contributed by atoms with Crippen molar-refractivity contribution in [1.82, 2.24) is 9.91 Å². The number of benzene rings is 1. The summed E-state index contributed by atoms with van der Waals surface area (Å²) in [6, 6.07) is 9.14. The van der Waals surface area contributed by atoms with Gasteiger partial charge in [0.15, 0.2) is 0 Å². The predicted octanol–water partition coefficient (Wildman–Crippen LogP) is 0.747. The molecule has 2 rings (SSSR count). The second-order valence-electron chi connectivity index (χ2n) is 3.09. The highest BCUT2D eigenvalue weighted by atomic mass is 16.2. The molecule has 1 aliphatic heterocycles. The lowest BCUT2D eigenvalue weighted by Crippen LogP contribution is -2.33. The van der Waals surface area contributed by atoms with Crippen LogP contribution in [-0.4, -0.2) is 22.5 Å². The SMILES string of the molecule is NN1C=CN(C(=O)c2ccccc2)C1. The molecule has 1 aromatic rings. The molecule has 0 aliphatic carbocycles. The van der Waals surface area contributed by atoms with Gasteiger partial charge < -0.3 is 0 Å². The highest BCUT2D eigenvalue weighted by molar-refractivity contribution is 5.94. The zero-order chi connectivity index (χ0) is 9.97. The summed E-state index contributed by atoms with van der Waals surface area (Å²) in [6.07, 6.45) is 3.34. The Morgan fingerprint density at radius 3 is 2.50 bits per heavy atom. The number of carbonyl (C=O) groups is 1. The lowest BCUT2D eigenvalue weighted by molar-refractivity contribution is 0.0795. The Labute approximate surface area is 82.2 Å². The van der Waals surface area contributed by atoms with E-state index in [1.165, 1.54) is 5.01 Å². The van der Waals surface area contributed by atoms with Gasteiger partial charge in [0.2, 0.25) is 0 Å². The van der Waals surface area contributed by atoms with Gasteiger partial charge in [0.05, 0.1) is 0 Å². The van der Waals surface area contributed by atoms with E-state index in [9.17, 15) is 4.79 Å². The first kappa shape index (κ1) is 8.77. The van der Waals surface area contributed by atoms with E-state index in [4.69, 9.17) is 5.84 Å². The summed E-state index contributed by atoms with van der Waals surface area (Å²) in [6.45, 7) is 0.410. The van der Waals surface area contributed by atoms with Crippen molar-refractivity contribution in [2.24, 2.45) is 5.84 Å². The lowest BCUT2D eigenvalue weighted by Gasteiger charge is -2.15. The Morgan fingerprint density at radius 2 is 1.93 bits per heavy atom. The van der Waals surface area contributed by atoms with Crippen molar-refractivity contribution in [1.29, 1.82) is 0 Å². The summed E-state index contributed by atoms with van der Waals surface area (Å²) in [5, 5.41) is 1.46. The van der Waals surface area contributed by atoms with Crippen LogP contribution in [0, 0.1) is 0 Å². The fourth-order valence-electron chi connectivity index (χ4n) is 1.31. The maximum Gasteiger partial charge on any atom is 0.259 e. The van der Waals surface area contributed by atoms with Crippen LogP contribution in [0.4, 0.5) is 0 Å². The zero-order valence-corrected chi connectivity index (χ0v) is 7.63. The number of nitrogens with zero attached hydrogens (tertiary/aromatic N) is 2. The smallest absolute Gasteiger partial charge is 0.259 e. The van der Waals surface area contributed by atoms with Crippen molar-refractivity contribution in [3.05, 3.63) is 48.3 Å². The molecule has 0 fully saturated rings. The van der Waals surface area contributed by atoms with Crippen LogP contribution in [0.5, 0.6) is 0 Å². The summed E-state index contributed by atoms with van der Waals surface area (Å²) in [5.41, 5.74) is 0.674. The van der Waals surface area contributed by atoms with Crippen molar-refractivity contribution in [3.63, 3.8) is 0 Å². The molecule has 0 atom stereocenters. The van der Waals surface area contributed by atoms with E-state index in [-0.39, 0.29) is 5.91 Å². The third-order valence-electron chi connectivity index (χ3n) is 2.04. The predicted molar refractivity (Wildman–Crippen MR) is 52.6 cm³/mol. The number of hydrogen-bond donors (Lipinski definition) is 1. The third-order valence-corrected chi connectivity index (χ3v) is 2.04. The maximum absolute atomic E-state index is 11.8. The van der Waals surface area contributed by atoms with Gasteiger partial charge in [0, 0.05) is 18.0 Å². The van der Waals surface area contributed by atoms with E-state index in [0.29, 0.717) is 12.2 Å². The van der Waals surface area contributed by atoms with E-state index in [1.807, 2.05) is 18.2 Å². The Morgan fingerprint density at radius 1 is 1.21 bits per heavy atom. The van der Waals surface area contributed by atoms with Crippen molar-refractivity contribution in [2.75, 3.05) is 6.67 Å². The van der Waals surface area contributed by atoms with E-state index in [2.05, 4.69) is 0 Å². The number of nitrogens with two attached hydrogens (primary N) is 1. The average molecular weight is 189 g/mol. The lowest BCUT2D eigenvalue weighted by atomic mass is 10.2. The third kappa shape index (κ3) is 1.60. The highest BCUT2D eigenvalue weighted by Gasteiger charge is 2.17. The van der Waals surface area contributed by atoms with Gasteiger partial charge >= 0.3 is 0 Å².